The fourth-order valence-corrected chi connectivity index (χ4v) is 3.33. The molecule has 0 bridgehead atoms. The maximum atomic E-state index is 12.1. The zero-order valence-corrected chi connectivity index (χ0v) is 17.4. The number of carbonyl (C=O) groups excluding carboxylic acids is 1. The van der Waals surface area contributed by atoms with Crippen molar-refractivity contribution >= 4 is 6.09 Å². The Bertz CT molecular complexity index is 858. The first kappa shape index (κ1) is 20.3. The number of aliphatic hydroxyl groups excluding tert-OH is 1. The Kier molecular flexibility index (Phi) is 5.44. The predicted molar refractivity (Wildman–Crippen MR) is 106 cm³/mol. The van der Waals surface area contributed by atoms with Crippen molar-refractivity contribution in [1.82, 2.24) is 4.90 Å². The van der Waals surface area contributed by atoms with Crippen molar-refractivity contribution in [3.05, 3.63) is 41.2 Å². The Labute approximate surface area is 166 Å². The highest BCUT2D eigenvalue weighted by molar-refractivity contribution is 5.70. The Balaban J connectivity index is 1.71. The van der Waals surface area contributed by atoms with E-state index in [1.54, 1.807) is 12.0 Å². The van der Waals surface area contributed by atoms with Crippen molar-refractivity contribution in [2.24, 2.45) is 5.92 Å². The largest absolute Gasteiger partial charge is 0.496 e. The lowest BCUT2D eigenvalue weighted by Gasteiger charge is -2.41. The number of hydrogen-bond donors (Lipinski definition) is 1. The van der Waals surface area contributed by atoms with Crippen LogP contribution in [-0.4, -0.2) is 41.9 Å². The van der Waals surface area contributed by atoms with Crippen LogP contribution in [-0.2, 0) is 4.74 Å². The van der Waals surface area contributed by atoms with Gasteiger partial charge in [0, 0.05) is 19.0 Å². The lowest BCUT2D eigenvalue weighted by Crippen LogP contribution is -2.53. The summed E-state index contributed by atoms with van der Waals surface area (Å²) in [4.78, 5) is 13.7. The summed E-state index contributed by atoms with van der Waals surface area (Å²) in [6.45, 7) is 10.3. The van der Waals surface area contributed by atoms with E-state index in [0.717, 1.165) is 22.4 Å². The number of aliphatic hydroxyl groups is 1. The van der Waals surface area contributed by atoms with E-state index in [0.29, 0.717) is 24.6 Å². The highest BCUT2D eigenvalue weighted by atomic mass is 16.6. The number of likely N-dealkylation sites (tertiary alicyclic amines) is 1. The summed E-state index contributed by atoms with van der Waals surface area (Å²) in [6.07, 6.45) is -1.13. The molecule has 1 aromatic carbocycles. The molecule has 1 aliphatic heterocycles. The number of carbonyl (C=O) groups is 1. The second-order valence-electron chi connectivity index (χ2n) is 8.45. The highest BCUT2D eigenvalue weighted by Crippen LogP contribution is 2.39. The van der Waals surface area contributed by atoms with E-state index in [1.807, 2.05) is 58.9 Å². The molecule has 1 aromatic heterocycles. The molecule has 1 fully saturated rings. The normalized spacial score (nSPS) is 15.9. The summed E-state index contributed by atoms with van der Waals surface area (Å²) in [5, 5.41) is 10.7. The number of nitrogens with zero attached hydrogens (tertiary/aromatic N) is 1. The molecular weight excluding hydrogens is 358 g/mol. The summed E-state index contributed by atoms with van der Waals surface area (Å²) in [6, 6.07) is 7.78. The molecule has 6 nitrogen and oxygen atoms in total. The Hall–Kier alpha value is -2.47. The maximum Gasteiger partial charge on any atom is 0.410 e. The third kappa shape index (κ3) is 4.17. The number of hydrogen-bond acceptors (Lipinski definition) is 5. The van der Waals surface area contributed by atoms with Crippen LogP contribution >= 0.6 is 0 Å². The monoisotopic (exact) mass is 387 g/mol. The summed E-state index contributed by atoms with van der Waals surface area (Å²) in [5.74, 6) is 1.85. The fourth-order valence-electron chi connectivity index (χ4n) is 3.33. The molecule has 2 aromatic rings. The van der Waals surface area contributed by atoms with Crippen LogP contribution in [0.2, 0.25) is 0 Å². The number of amides is 1. The van der Waals surface area contributed by atoms with Crippen molar-refractivity contribution in [1.29, 1.82) is 0 Å². The van der Waals surface area contributed by atoms with E-state index in [1.165, 1.54) is 0 Å². The number of ether oxygens (including phenoxy) is 2. The summed E-state index contributed by atoms with van der Waals surface area (Å²) in [5.41, 5.74) is 2.36. The van der Waals surface area contributed by atoms with Gasteiger partial charge in [-0.05, 0) is 63.9 Å². The van der Waals surface area contributed by atoms with Crippen LogP contribution in [0.25, 0.3) is 11.3 Å². The molecule has 0 aliphatic carbocycles. The number of rotatable bonds is 4. The highest BCUT2D eigenvalue weighted by Gasteiger charge is 2.39. The average molecular weight is 387 g/mol. The molecule has 1 unspecified atom stereocenters. The minimum Gasteiger partial charge on any atom is -0.496 e. The molecule has 1 aliphatic rings. The molecule has 0 radical (unpaired) electrons. The smallest absolute Gasteiger partial charge is 0.410 e. The lowest BCUT2D eigenvalue weighted by molar-refractivity contribution is -0.0364. The molecule has 0 saturated carbocycles. The van der Waals surface area contributed by atoms with Gasteiger partial charge in [0.25, 0.3) is 0 Å². The van der Waals surface area contributed by atoms with Gasteiger partial charge in [0.2, 0.25) is 0 Å². The SMILES string of the molecule is COc1cc(C)ccc1-c1oc(C(O)C2CN(C(=O)OC(C)(C)C)C2)cc1C. The molecule has 28 heavy (non-hydrogen) atoms. The van der Waals surface area contributed by atoms with Gasteiger partial charge < -0.3 is 23.9 Å². The van der Waals surface area contributed by atoms with Crippen LogP contribution in [0.5, 0.6) is 5.75 Å². The Morgan fingerprint density at radius 2 is 1.93 bits per heavy atom. The van der Waals surface area contributed by atoms with Crippen LogP contribution in [0.15, 0.2) is 28.7 Å². The second kappa shape index (κ2) is 7.51. The summed E-state index contributed by atoms with van der Waals surface area (Å²) in [7, 11) is 1.63. The number of furan rings is 1. The van der Waals surface area contributed by atoms with Gasteiger partial charge >= 0.3 is 6.09 Å². The first-order valence-electron chi connectivity index (χ1n) is 9.50. The third-order valence-corrected chi connectivity index (χ3v) is 4.84. The molecule has 2 heterocycles. The van der Waals surface area contributed by atoms with Gasteiger partial charge in [0.05, 0.1) is 12.7 Å². The van der Waals surface area contributed by atoms with Gasteiger partial charge in [-0.3, -0.25) is 0 Å². The van der Waals surface area contributed by atoms with Crippen molar-refractivity contribution < 1.29 is 23.8 Å². The van der Waals surface area contributed by atoms with Crippen LogP contribution in [0.3, 0.4) is 0 Å². The number of benzene rings is 1. The van der Waals surface area contributed by atoms with Gasteiger partial charge in [-0.1, -0.05) is 6.07 Å². The number of methoxy groups -OCH3 is 1. The van der Waals surface area contributed by atoms with Gasteiger partial charge in [-0.15, -0.1) is 0 Å². The van der Waals surface area contributed by atoms with Crippen LogP contribution in [0.1, 0.15) is 43.8 Å². The quantitative estimate of drug-likeness (QED) is 0.838. The van der Waals surface area contributed by atoms with E-state index in [4.69, 9.17) is 13.9 Å². The van der Waals surface area contributed by atoms with E-state index < -0.39 is 11.7 Å². The van der Waals surface area contributed by atoms with Gasteiger partial charge in [-0.25, -0.2) is 4.79 Å². The third-order valence-electron chi connectivity index (χ3n) is 4.84. The van der Waals surface area contributed by atoms with Gasteiger partial charge in [-0.2, -0.15) is 0 Å². The van der Waals surface area contributed by atoms with Crippen LogP contribution in [0.4, 0.5) is 4.79 Å². The zero-order chi connectivity index (χ0) is 20.6. The van der Waals surface area contributed by atoms with Crippen molar-refractivity contribution in [2.75, 3.05) is 20.2 Å². The Morgan fingerprint density at radius 1 is 1.25 bits per heavy atom. The summed E-state index contributed by atoms with van der Waals surface area (Å²) >= 11 is 0. The maximum absolute atomic E-state index is 12.1. The first-order chi connectivity index (χ1) is 13.1. The van der Waals surface area contributed by atoms with Gasteiger partial charge in [0.15, 0.2) is 0 Å². The molecule has 3 rings (SSSR count). The van der Waals surface area contributed by atoms with Crippen molar-refractivity contribution in [3.8, 4) is 17.1 Å². The standard InChI is InChI=1S/C22H29NO5/c1-13-7-8-16(17(9-13)26-6)20-14(2)10-18(27-20)19(24)15-11-23(12-15)21(25)28-22(3,4)5/h7-10,15,19,24H,11-12H2,1-6H3. The van der Waals surface area contributed by atoms with Crippen molar-refractivity contribution in [3.63, 3.8) is 0 Å². The molecule has 1 N–H and O–H groups in total. The van der Waals surface area contributed by atoms with Crippen LogP contribution < -0.4 is 4.74 Å². The predicted octanol–water partition coefficient (Wildman–Crippen LogP) is 4.47. The molecule has 0 spiro atoms. The topological polar surface area (TPSA) is 72.1 Å². The Morgan fingerprint density at radius 3 is 2.54 bits per heavy atom. The average Bonchev–Trinajstić information content (AvgIpc) is 2.93. The zero-order valence-electron chi connectivity index (χ0n) is 17.4. The fraction of sp³-hybridized carbons (Fsp3) is 0.500. The minimum atomic E-state index is -0.775. The molecule has 1 saturated heterocycles. The van der Waals surface area contributed by atoms with E-state index in [9.17, 15) is 9.90 Å². The van der Waals surface area contributed by atoms with E-state index in [-0.39, 0.29) is 12.0 Å². The molecule has 1 atom stereocenters. The minimum absolute atomic E-state index is 0.0779. The van der Waals surface area contributed by atoms with E-state index >= 15 is 0 Å². The van der Waals surface area contributed by atoms with Gasteiger partial charge in [0.1, 0.15) is 29.0 Å². The molecular formula is C22H29NO5. The van der Waals surface area contributed by atoms with Crippen LogP contribution in [0, 0.1) is 19.8 Å². The number of aryl methyl sites for hydroxylation is 2. The van der Waals surface area contributed by atoms with Crippen molar-refractivity contribution in [2.45, 2.75) is 46.3 Å². The molecule has 1 amide bonds. The first-order valence-corrected chi connectivity index (χ1v) is 9.50. The summed E-state index contributed by atoms with van der Waals surface area (Å²) < 4.78 is 16.9. The van der Waals surface area contributed by atoms with E-state index in [2.05, 4.69) is 0 Å². The lowest BCUT2D eigenvalue weighted by atomic mass is 9.92. The second-order valence-corrected chi connectivity index (χ2v) is 8.45. The molecule has 152 valence electrons. The molecule has 6 heteroatoms.